The van der Waals surface area contributed by atoms with Gasteiger partial charge in [-0.15, -0.1) is 0 Å². The van der Waals surface area contributed by atoms with E-state index >= 15 is 0 Å². The van der Waals surface area contributed by atoms with E-state index in [2.05, 4.69) is 42.5 Å². The van der Waals surface area contributed by atoms with Gasteiger partial charge >= 0.3 is 0 Å². The molecule has 0 aliphatic carbocycles. The van der Waals surface area contributed by atoms with Gasteiger partial charge in [0.2, 0.25) is 11.8 Å². The summed E-state index contributed by atoms with van der Waals surface area (Å²) >= 11 is 0. The minimum absolute atomic E-state index is 0.0220. The molecule has 3 heterocycles. The molecule has 3 N–H and O–H groups in total. The van der Waals surface area contributed by atoms with Gasteiger partial charge < -0.3 is 34.5 Å². The van der Waals surface area contributed by atoms with Gasteiger partial charge in [0.1, 0.15) is 17.6 Å². The van der Waals surface area contributed by atoms with Gasteiger partial charge in [-0.2, -0.15) is 0 Å². The van der Waals surface area contributed by atoms with Crippen molar-refractivity contribution in [1.29, 1.82) is 0 Å². The predicted octanol–water partition coefficient (Wildman–Crippen LogP) is 5.80. The number of amides is 2. The Hall–Kier alpha value is -4.12. The quantitative estimate of drug-likeness (QED) is 0.174. The topological polar surface area (TPSA) is 113 Å². The number of carbonyl (C=O) groups excluding carboxylic acids is 2. The minimum atomic E-state index is -2.37. The van der Waals surface area contributed by atoms with Crippen LogP contribution in [0, 0.1) is 5.92 Å². The number of hydrogen-bond donors (Lipinski definition) is 3. The van der Waals surface area contributed by atoms with Crippen LogP contribution in [0.3, 0.4) is 0 Å². The fourth-order valence-corrected chi connectivity index (χ4v) is 11.1. The van der Waals surface area contributed by atoms with Gasteiger partial charge in [-0.1, -0.05) is 55.5 Å². The number of ether oxygens (including phenoxy) is 3. The van der Waals surface area contributed by atoms with Crippen molar-refractivity contribution in [3.8, 4) is 11.5 Å². The van der Waals surface area contributed by atoms with Crippen LogP contribution in [-0.2, 0) is 20.7 Å². The van der Waals surface area contributed by atoms with Crippen LogP contribution in [0.5, 0.6) is 11.5 Å². The third kappa shape index (κ3) is 6.61. The number of nitrogens with zero attached hydrogens (tertiary/aromatic N) is 1. The zero-order chi connectivity index (χ0) is 34.0. The summed E-state index contributed by atoms with van der Waals surface area (Å²) in [6, 6.07) is 21.8. The van der Waals surface area contributed by atoms with Crippen molar-refractivity contribution < 1.29 is 28.9 Å². The first-order chi connectivity index (χ1) is 23.1. The Kier molecular flexibility index (Phi) is 9.96. The van der Waals surface area contributed by atoms with Crippen molar-refractivity contribution in [3.05, 3.63) is 84.1 Å². The van der Waals surface area contributed by atoms with E-state index in [0.29, 0.717) is 24.4 Å². The number of carbonyl (C=O) groups is 2. The molecule has 1 saturated heterocycles. The maximum Gasteiger partial charge on any atom is 0.228 e. The van der Waals surface area contributed by atoms with E-state index in [1.54, 1.807) is 14.2 Å². The number of para-hydroxylation sites is 1. The van der Waals surface area contributed by atoms with Gasteiger partial charge in [-0.05, 0) is 54.8 Å². The van der Waals surface area contributed by atoms with E-state index in [-0.39, 0.29) is 54.6 Å². The first-order valence-electron chi connectivity index (χ1n) is 16.9. The van der Waals surface area contributed by atoms with E-state index in [9.17, 15) is 14.7 Å². The van der Waals surface area contributed by atoms with Crippen LogP contribution >= 0.6 is 0 Å². The highest BCUT2D eigenvalue weighted by atomic mass is 28.3. The van der Waals surface area contributed by atoms with Gasteiger partial charge in [0.05, 0.1) is 40.4 Å². The van der Waals surface area contributed by atoms with E-state index in [1.165, 1.54) is 5.19 Å². The summed E-state index contributed by atoms with van der Waals surface area (Å²) in [6.07, 6.45) is 3.58. The Balaban J connectivity index is 1.27. The average molecular weight is 670 g/mol. The standard InChI is InChI=1S/C38H47N3O6Si/c1-24-37(46-3)31-20-26(40-35(43)19-25-22-39-32-11-7-6-10-30(25)32)12-17-33(31)47-38(24)34(21-36(44)41-18-8-9-27(41)23-42)48(4,5)29-15-13-28(45-2)14-16-29/h6-7,10-17,20,22,24,27,34,37-39,42H,8-9,18-19,21,23H2,1-5H3,(H,40,43)/t24-,27-,34?,37-,38-/m0/s1. The second-order valence-corrected chi connectivity index (χ2v) is 18.5. The molecule has 6 rings (SSSR count). The summed E-state index contributed by atoms with van der Waals surface area (Å²) in [5.74, 6) is 1.36. The number of aromatic amines is 1. The van der Waals surface area contributed by atoms with Crippen LogP contribution in [0.15, 0.2) is 72.9 Å². The molecule has 3 aromatic carbocycles. The van der Waals surface area contributed by atoms with Crippen LogP contribution in [0.4, 0.5) is 5.69 Å². The number of aliphatic hydroxyl groups is 1. The number of nitrogens with one attached hydrogen (secondary N) is 2. The number of hydrogen-bond acceptors (Lipinski definition) is 6. The first-order valence-corrected chi connectivity index (χ1v) is 20.0. The van der Waals surface area contributed by atoms with E-state index in [0.717, 1.165) is 40.6 Å². The van der Waals surface area contributed by atoms with Crippen LogP contribution in [-0.4, -0.2) is 74.4 Å². The zero-order valence-corrected chi connectivity index (χ0v) is 29.5. The van der Waals surface area contributed by atoms with E-state index < -0.39 is 8.07 Å². The Bertz CT molecular complexity index is 1750. The lowest BCUT2D eigenvalue weighted by atomic mass is 9.86. The molecule has 2 aliphatic rings. The molecule has 9 nitrogen and oxygen atoms in total. The lowest BCUT2D eigenvalue weighted by Crippen LogP contribution is -2.55. The van der Waals surface area contributed by atoms with Crippen LogP contribution in [0.25, 0.3) is 10.9 Å². The summed E-state index contributed by atoms with van der Waals surface area (Å²) in [5, 5.41) is 15.3. The SMILES string of the molecule is COc1ccc([Si](C)(C)C(CC(=O)N2CCC[C@H]2CO)[C@H]2Oc3ccc(NC(=O)Cc4c[nH]c5ccccc45)cc3[C@@H](OC)[C@@H]2C)cc1. The number of benzene rings is 3. The minimum Gasteiger partial charge on any atom is -0.497 e. The number of anilines is 1. The highest BCUT2D eigenvalue weighted by Gasteiger charge is 2.49. The summed E-state index contributed by atoms with van der Waals surface area (Å²) in [4.78, 5) is 32.2. The maximum atomic E-state index is 14.0. The van der Waals surface area contributed by atoms with Gasteiger partial charge in [0, 0.05) is 59.9 Å². The highest BCUT2D eigenvalue weighted by molar-refractivity contribution is 6.91. The third-order valence-corrected chi connectivity index (χ3v) is 14.8. The van der Waals surface area contributed by atoms with Gasteiger partial charge in [-0.3, -0.25) is 9.59 Å². The highest BCUT2D eigenvalue weighted by Crippen LogP contribution is 2.48. The van der Waals surface area contributed by atoms with Crippen LogP contribution in [0.1, 0.15) is 43.4 Å². The van der Waals surface area contributed by atoms with Crippen LogP contribution in [0.2, 0.25) is 18.6 Å². The third-order valence-electron chi connectivity index (χ3n) is 10.6. The molecular formula is C38H47N3O6Si. The van der Waals surface area contributed by atoms with Crippen molar-refractivity contribution in [2.24, 2.45) is 5.92 Å². The lowest BCUT2D eigenvalue weighted by molar-refractivity contribution is -0.133. The van der Waals surface area contributed by atoms with E-state index in [1.807, 2.05) is 65.7 Å². The van der Waals surface area contributed by atoms with Gasteiger partial charge in [-0.25, -0.2) is 0 Å². The fraction of sp³-hybridized carbons (Fsp3) is 0.421. The molecule has 0 radical (unpaired) electrons. The normalized spacial score (nSPS) is 21.4. The van der Waals surface area contributed by atoms with Crippen molar-refractivity contribution >= 4 is 41.7 Å². The molecule has 2 aliphatic heterocycles. The summed E-state index contributed by atoms with van der Waals surface area (Å²) in [5.41, 5.74) is 3.41. The van der Waals surface area contributed by atoms with Crippen molar-refractivity contribution in [3.63, 3.8) is 0 Å². The first kappa shape index (κ1) is 33.8. The molecule has 0 spiro atoms. The second kappa shape index (κ2) is 14.2. The van der Waals surface area contributed by atoms with Gasteiger partial charge in [0.15, 0.2) is 0 Å². The number of aliphatic hydroxyl groups excluding tert-OH is 1. The predicted molar refractivity (Wildman–Crippen MR) is 191 cm³/mol. The lowest BCUT2D eigenvalue weighted by Gasteiger charge is -2.46. The monoisotopic (exact) mass is 669 g/mol. The fourth-order valence-electron chi connectivity index (χ4n) is 7.79. The maximum absolute atomic E-state index is 14.0. The van der Waals surface area contributed by atoms with Crippen LogP contribution < -0.4 is 20.0 Å². The van der Waals surface area contributed by atoms with E-state index in [4.69, 9.17) is 14.2 Å². The van der Waals surface area contributed by atoms with Crippen molar-refractivity contribution in [2.45, 2.75) is 69.5 Å². The average Bonchev–Trinajstić information content (AvgIpc) is 3.74. The number of aromatic nitrogens is 1. The number of H-pyrrole nitrogens is 1. The number of rotatable bonds is 11. The zero-order valence-electron chi connectivity index (χ0n) is 28.5. The Morgan fingerprint density at radius 3 is 2.60 bits per heavy atom. The molecule has 1 unspecified atom stereocenters. The molecule has 0 bridgehead atoms. The number of likely N-dealkylation sites (tertiary alicyclic amines) is 1. The molecule has 2 amide bonds. The molecule has 254 valence electrons. The summed E-state index contributed by atoms with van der Waals surface area (Å²) < 4.78 is 18.5. The Labute approximate surface area is 283 Å². The number of methoxy groups -OCH3 is 2. The van der Waals surface area contributed by atoms with Crippen molar-refractivity contribution in [1.82, 2.24) is 9.88 Å². The molecule has 0 saturated carbocycles. The second-order valence-electron chi connectivity index (χ2n) is 13.8. The molecule has 10 heteroatoms. The molecule has 48 heavy (non-hydrogen) atoms. The molecule has 1 aromatic heterocycles. The molecule has 1 fully saturated rings. The van der Waals surface area contributed by atoms with Gasteiger partial charge in [0.25, 0.3) is 0 Å². The molecule has 5 atom stereocenters. The molecule has 4 aromatic rings. The Morgan fingerprint density at radius 2 is 1.88 bits per heavy atom. The largest absolute Gasteiger partial charge is 0.497 e. The number of fused-ring (bicyclic) bond motifs is 2. The Morgan fingerprint density at radius 1 is 1.10 bits per heavy atom. The van der Waals surface area contributed by atoms with Crippen molar-refractivity contribution in [2.75, 3.05) is 32.7 Å². The smallest absolute Gasteiger partial charge is 0.228 e. The molecular weight excluding hydrogens is 623 g/mol. The summed E-state index contributed by atoms with van der Waals surface area (Å²) in [6.45, 7) is 7.39. The summed E-state index contributed by atoms with van der Waals surface area (Å²) in [7, 11) is 0.993.